The minimum Gasteiger partial charge on any atom is -0.293 e. The Labute approximate surface area is 216 Å². The maximum absolute atomic E-state index is 15.1. The summed E-state index contributed by atoms with van der Waals surface area (Å²) in [4.78, 5) is 26.6. The molecule has 188 valence electrons. The van der Waals surface area contributed by atoms with Gasteiger partial charge < -0.3 is 0 Å². The number of ketones is 1. The minimum atomic E-state index is -0.817. The van der Waals surface area contributed by atoms with Gasteiger partial charge in [-0.1, -0.05) is 32.1 Å². The second-order valence-corrected chi connectivity index (χ2v) is 10.1. The predicted octanol–water partition coefficient (Wildman–Crippen LogP) is 6.26. The van der Waals surface area contributed by atoms with Gasteiger partial charge in [-0.25, -0.2) is 23.1 Å². The van der Waals surface area contributed by atoms with Crippen LogP contribution in [0.4, 0.5) is 13.2 Å². The van der Waals surface area contributed by atoms with Crippen molar-refractivity contribution >= 4 is 16.7 Å². The van der Waals surface area contributed by atoms with Crippen molar-refractivity contribution in [2.45, 2.75) is 32.1 Å². The van der Waals surface area contributed by atoms with Crippen molar-refractivity contribution in [3.05, 3.63) is 89.0 Å². The molecule has 8 heteroatoms. The van der Waals surface area contributed by atoms with E-state index < -0.39 is 28.8 Å². The lowest BCUT2D eigenvalue weighted by Gasteiger charge is -2.45. The molecule has 0 unspecified atom stereocenters. The zero-order valence-corrected chi connectivity index (χ0v) is 20.6. The summed E-state index contributed by atoms with van der Waals surface area (Å²) in [5, 5.41) is 9.89. The number of rotatable bonds is 2. The highest BCUT2D eigenvalue weighted by molar-refractivity contribution is 6.02. The molecule has 6 rings (SSSR count). The van der Waals surface area contributed by atoms with Crippen molar-refractivity contribution in [2.24, 2.45) is 11.8 Å². The van der Waals surface area contributed by atoms with Crippen LogP contribution in [0.3, 0.4) is 0 Å². The lowest BCUT2D eigenvalue weighted by atomic mass is 9.57. The molecule has 0 spiro atoms. The van der Waals surface area contributed by atoms with E-state index in [2.05, 4.69) is 4.98 Å². The van der Waals surface area contributed by atoms with Gasteiger partial charge >= 0.3 is 0 Å². The Balaban J connectivity index is 1.71. The zero-order valence-electron chi connectivity index (χ0n) is 20.6. The summed E-state index contributed by atoms with van der Waals surface area (Å²) in [6.45, 7) is 3.75. The topological polar surface area (TPSA) is 79.5 Å². The molecular formula is C30H21F3N4O. The predicted molar refractivity (Wildman–Crippen MR) is 135 cm³/mol. The van der Waals surface area contributed by atoms with Crippen LogP contribution in [0, 0.1) is 40.6 Å². The van der Waals surface area contributed by atoms with Crippen molar-refractivity contribution in [2.75, 3.05) is 0 Å². The van der Waals surface area contributed by atoms with E-state index in [1.54, 1.807) is 30.3 Å². The van der Waals surface area contributed by atoms with Crippen LogP contribution in [0.5, 0.6) is 0 Å². The van der Waals surface area contributed by atoms with Crippen LogP contribution in [-0.2, 0) is 16.6 Å². The lowest BCUT2D eigenvalue weighted by Crippen LogP contribution is -2.46. The van der Waals surface area contributed by atoms with E-state index >= 15 is 4.39 Å². The molecule has 4 aromatic rings. The fraction of sp³-hybridized carbons (Fsp3) is 0.233. The highest BCUT2D eigenvalue weighted by atomic mass is 19.1. The summed E-state index contributed by atoms with van der Waals surface area (Å²) in [5.74, 6) is -2.66. The van der Waals surface area contributed by atoms with E-state index in [0.717, 1.165) is 11.6 Å². The molecule has 0 radical (unpaired) electrons. The third-order valence-corrected chi connectivity index (χ3v) is 7.97. The second-order valence-electron chi connectivity index (χ2n) is 10.1. The monoisotopic (exact) mass is 510 g/mol. The molecule has 0 N–H and O–H groups in total. The quantitative estimate of drug-likeness (QED) is 0.318. The number of hydrogen-bond acceptors (Lipinski definition) is 5. The van der Waals surface area contributed by atoms with Crippen LogP contribution in [0.2, 0.25) is 0 Å². The van der Waals surface area contributed by atoms with Crippen LogP contribution in [0.25, 0.3) is 33.5 Å². The molecule has 0 amide bonds. The molecule has 2 aromatic heterocycles. The van der Waals surface area contributed by atoms with E-state index in [4.69, 9.17) is 9.97 Å². The van der Waals surface area contributed by atoms with Crippen LogP contribution >= 0.6 is 0 Å². The Bertz CT molecular complexity index is 1740. The summed E-state index contributed by atoms with van der Waals surface area (Å²) >= 11 is 0. The van der Waals surface area contributed by atoms with Crippen molar-refractivity contribution in [1.29, 1.82) is 5.26 Å². The average Bonchev–Trinajstić information content (AvgIpc) is 2.90. The van der Waals surface area contributed by atoms with Gasteiger partial charge in [0.1, 0.15) is 23.2 Å². The molecule has 2 aliphatic carbocycles. The molecule has 0 fully saturated rings. The summed E-state index contributed by atoms with van der Waals surface area (Å²) in [6, 6.07) is 11.8. The summed E-state index contributed by atoms with van der Waals surface area (Å²) in [7, 11) is 0. The van der Waals surface area contributed by atoms with Gasteiger partial charge in [-0.2, -0.15) is 5.26 Å². The summed E-state index contributed by atoms with van der Waals surface area (Å²) in [6.07, 6.45) is 4.20. The maximum Gasteiger partial charge on any atom is 0.176 e. The number of pyridine rings is 1. The summed E-state index contributed by atoms with van der Waals surface area (Å²) in [5.41, 5.74) is 1.50. The fourth-order valence-electron chi connectivity index (χ4n) is 6.14. The Hall–Kier alpha value is -4.38. The molecule has 0 aliphatic heterocycles. The molecule has 2 aromatic carbocycles. The van der Waals surface area contributed by atoms with Gasteiger partial charge in [0.15, 0.2) is 17.4 Å². The highest BCUT2D eigenvalue weighted by Crippen LogP contribution is 2.51. The Morgan fingerprint density at radius 3 is 2.61 bits per heavy atom. The van der Waals surface area contributed by atoms with Crippen molar-refractivity contribution in [1.82, 2.24) is 15.0 Å². The maximum atomic E-state index is 15.1. The van der Waals surface area contributed by atoms with Crippen LogP contribution < -0.4 is 0 Å². The van der Waals surface area contributed by atoms with Crippen LogP contribution in [-0.4, -0.2) is 20.7 Å². The average molecular weight is 511 g/mol. The normalized spacial score (nSPS) is 22.4. The number of Topliss-reactive ketones (excluding diaryl/α,β-unsaturated/α-hetero) is 1. The fourth-order valence-corrected chi connectivity index (χ4v) is 6.14. The second kappa shape index (κ2) is 8.59. The molecule has 2 aliphatic rings. The third kappa shape index (κ3) is 3.46. The van der Waals surface area contributed by atoms with Gasteiger partial charge in [0.25, 0.3) is 0 Å². The first-order valence-corrected chi connectivity index (χ1v) is 12.3. The Morgan fingerprint density at radius 2 is 1.84 bits per heavy atom. The number of hydrogen-bond donors (Lipinski definition) is 0. The smallest absolute Gasteiger partial charge is 0.176 e. The lowest BCUT2D eigenvalue weighted by molar-refractivity contribution is -0.121. The van der Waals surface area contributed by atoms with Gasteiger partial charge in [-0.3, -0.25) is 9.78 Å². The zero-order chi connectivity index (χ0) is 26.8. The van der Waals surface area contributed by atoms with Gasteiger partial charge in [0.2, 0.25) is 0 Å². The standard InChI is InChI=1S/C30H21F3N4O/c1-15-22-8-7-20-25(19-5-3-4-6-23(19)32)36-29(37-28(20)30(22,2)13-16(14-34)27(15)38)18-9-10-35-26-21(18)11-17(31)12-24(26)33/h3-6,9-13,15,22H,7-8H2,1-2H3/t15-,22-,30-/m1/s1. The molecule has 3 atom stereocenters. The largest absolute Gasteiger partial charge is 0.293 e. The third-order valence-electron chi connectivity index (χ3n) is 7.97. The molecule has 2 heterocycles. The number of carbonyl (C=O) groups is 1. The number of halogens is 3. The molecule has 38 heavy (non-hydrogen) atoms. The first kappa shape index (κ1) is 24.0. The number of allylic oxidation sites excluding steroid dienone is 2. The van der Waals surface area contributed by atoms with Gasteiger partial charge in [-0.05, 0) is 43.0 Å². The number of aromatic nitrogens is 3. The van der Waals surface area contributed by atoms with Gasteiger partial charge in [-0.15, -0.1) is 0 Å². The SMILES string of the molecule is C[C@H]1C(=O)C(C#N)=C[C@@]2(C)c3nc(-c4ccnc5c(F)cc(F)cc45)nc(-c4ccccc4F)c3CC[C@H]12. The number of carbonyl (C=O) groups excluding carboxylic acids is 1. The molecule has 0 saturated heterocycles. The van der Waals surface area contributed by atoms with Crippen LogP contribution in [0.1, 0.15) is 31.5 Å². The van der Waals surface area contributed by atoms with E-state index in [-0.39, 0.29) is 39.6 Å². The molecular weight excluding hydrogens is 489 g/mol. The van der Waals surface area contributed by atoms with E-state index in [1.165, 1.54) is 18.3 Å². The summed E-state index contributed by atoms with van der Waals surface area (Å²) < 4.78 is 44.0. The molecule has 0 bridgehead atoms. The molecule has 5 nitrogen and oxygen atoms in total. The molecule has 0 saturated carbocycles. The van der Waals surface area contributed by atoms with E-state index in [9.17, 15) is 18.8 Å². The van der Waals surface area contributed by atoms with Gasteiger partial charge in [0.05, 0.1) is 17.0 Å². The number of benzene rings is 2. The van der Waals surface area contributed by atoms with E-state index in [0.29, 0.717) is 29.8 Å². The van der Waals surface area contributed by atoms with Crippen molar-refractivity contribution < 1.29 is 18.0 Å². The number of nitriles is 1. The van der Waals surface area contributed by atoms with Gasteiger partial charge in [0, 0.05) is 45.7 Å². The minimum absolute atomic E-state index is 0.0368. The highest BCUT2D eigenvalue weighted by Gasteiger charge is 2.49. The Morgan fingerprint density at radius 1 is 1.05 bits per heavy atom. The van der Waals surface area contributed by atoms with Crippen molar-refractivity contribution in [3.8, 4) is 28.7 Å². The number of fused-ring (bicyclic) bond motifs is 4. The first-order chi connectivity index (χ1) is 18.2. The van der Waals surface area contributed by atoms with Crippen molar-refractivity contribution in [3.63, 3.8) is 0 Å². The Kier molecular flexibility index (Phi) is 5.42. The number of nitrogens with zero attached hydrogens (tertiary/aromatic N) is 4. The first-order valence-electron chi connectivity index (χ1n) is 12.3. The van der Waals surface area contributed by atoms with E-state index in [1.807, 2.05) is 19.9 Å². The van der Waals surface area contributed by atoms with Crippen LogP contribution in [0.15, 0.2) is 60.3 Å².